The summed E-state index contributed by atoms with van der Waals surface area (Å²) < 4.78 is 66.6. The molecule has 0 unspecified atom stereocenters. The van der Waals surface area contributed by atoms with Crippen LogP contribution in [0.4, 0.5) is 13.2 Å². The van der Waals surface area contributed by atoms with Crippen LogP contribution >= 0.6 is 0 Å². The number of ether oxygens (including phenoxy) is 1. The summed E-state index contributed by atoms with van der Waals surface area (Å²) in [5.41, 5.74) is 0. The SMILES string of the molecule is CN(C)C(=O)[C@@H]1CCCN1S(=O)(=O)c1ccc(OC(F)(F)F)cc1. The van der Waals surface area contributed by atoms with E-state index in [4.69, 9.17) is 0 Å². The normalized spacial score (nSPS) is 19.3. The second kappa shape index (κ2) is 6.60. The third-order valence-electron chi connectivity index (χ3n) is 3.59. The molecule has 1 heterocycles. The van der Waals surface area contributed by atoms with Crippen LogP contribution in [0.2, 0.25) is 0 Å². The summed E-state index contributed by atoms with van der Waals surface area (Å²) in [5.74, 6) is -0.836. The molecule has 1 aromatic rings. The highest BCUT2D eigenvalue weighted by Crippen LogP contribution is 2.29. The Morgan fingerprint density at radius 2 is 1.83 bits per heavy atom. The zero-order valence-corrected chi connectivity index (χ0v) is 13.9. The number of hydrogen-bond acceptors (Lipinski definition) is 4. The first-order valence-corrected chi connectivity index (χ1v) is 8.55. The zero-order chi connectivity index (χ0) is 18.1. The largest absolute Gasteiger partial charge is 0.573 e. The number of hydrogen-bond donors (Lipinski definition) is 0. The molecule has 1 aliphatic heterocycles. The van der Waals surface area contributed by atoms with Crippen LogP contribution in [-0.2, 0) is 14.8 Å². The Hall–Kier alpha value is -1.81. The van der Waals surface area contributed by atoms with E-state index in [0.29, 0.717) is 12.8 Å². The number of benzene rings is 1. The van der Waals surface area contributed by atoms with E-state index >= 15 is 0 Å². The standard InChI is InChI=1S/C14H17F3N2O4S/c1-18(2)13(20)12-4-3-9-19(12)24(21,22)11-7-5-10(6-8-11)23-14(15,16)17/h5-8,12H,3-4,9H2,1-2H3/t12-/m0/s1. The fourth-order valence-electron chi connectivity index (χ4n) is 2.52. The van der Waals surface area contributed by atoms with Crippen LogP contribution in [0, 0.1) is 0 Å². The summed E-state index contributed by atoms with van der Waals surface area (Å²) in [6, 6.07) is 3.13. The van der Waals surface area contributed by atoms with Gasteiger partial charge in [0.05, 0.1) is 4.90 Å². The molecule has 0 aromatic heterocycles. The van der Waals surface area contributed by atoms with Gasteiger partial charge in [-0.1, -0.05) is 0 Å². The summed E-state index contributed by atoms with van der Waals surface area (Å²) in [5, 5.41) is 0. The first-order valence-electron chi connectivity index (χ1n) is 7.11. The highest BCUT2D eigenvalue weighted by molar-refractivity contribution is 7.89. The maximum atomic E-state index is 12.7. The molecular formula is C14H17F3N2O4S. The third-order valence-corrected chi connectivity index (χ3v) is 5.52. The van der Waals surface area contributed by atoms with Crippen LogP contribution in [0.3, 0.4) is 0 Å². The number of carbonyl (C=O) groups excluding carboxylic acids is 1. The zero-order valence-electron chi connectivity index (χ0n) is 13.1. The molecule has 2 rings (SSSR count). The molecule has 0 spiro atoms. The minimum absolute atomic E-state index is 0.185. The van der Waals surface area contributed by atoms with E-state index in [1.807, 2.05) is 0 Å². The van der Waals surface area contributed by atoms with Crippen molar-refractivity contribution < 1.29 is 31.1 Å². The monoisotopic (exact) mass is 366 g/mol. The van der Waals surface area contributed by atoms with E-state index in [0.717, 1.165) is 28.6 Å². The summed E-state index contributed by atoms with van der Waals surface area (Å²) in [6.07, 6.45) is -3.90. The Morgan fingerprint density at radius 1 is 1.25 bits per heavy atom. The molecule has 134 valence electrons. The molecule has 1 fully saturated rings. The number of likely N-dealkylation sites (N-methyl/N-ethyl adjacent to an activating group) is 1. The van der Waals surface area contributed by atoms with Crippen LogP contribution in [0.5, 0.6) is 5.75 Å². The first-order chi connectivity index (χ1) is 11.0. The van der Waals surface area contributed by atoms with Gasteiger partial charge in [0.25, 0.3) is 0 Å². The lowest BCUT2D eigenvalue weighted by Gasteiger charge is -2.25. The highest BCUT2D eigenvalue weighted by atomic mass is 32.2. The van der Waals surface area contributed by atoms with Gasteiger partial charge in [0.2, 0.25) is 15.9 Å². The van der Waals surface area contributed by atoms with Crippen molar-refractivity contribution in [3.63, 3.8) is 0 Å². The number of halogens is 3. The Kier molecular flexibility index (Phi) is 5.09. The lowest BCUT2D eigenvalue weighted by atomic mass is 10.2. The Labute approximate surface area is 137 Å². The van der Waals surface area contributed by atoms with Crippen LogP contribution in [0.25, 0.3) is 0 Å². The quantitative estimate of drug-likeness (QED) is 0.815. The Balaban J connectivity index is 2.25. The van der Waals surface area contributed by atoms with Crippen LogP contribution < -0.4 is 4.74 Å². The van der Waals surface area contributed by atoms with Gasteiger partial charge in [0.1, 0.15) is 11.8 Å². The van der Waals surface area contributed by atoms with Crippen molar-refractivity contribution >= 4 is 15.9 Å². The van der Waals surface area contributed by atoms with Gasteiger partial charge >= 0.3 is 6.36 Å². The molecule has 1 aromatic carbocycles. The predicted molar refractivity (Wildman–Crippen MR) is 78.7 cm³/mol. The molecule has 1 saturated heterocycles. The van der Waals surface area contributed by atoms with Gasteiger partial charge in [-0.15, -0.1) is 13.2 Å². The van der Waals surface area contributed by atoms with Crippen LogP contribution in [0.1, 0.15) is 12.8 Å². The minimum atomic E-state index is -4.85. The third kappa shape index (κ3) is 3.99. The molecule has 0 N–H and O–H groups in total. The number of amides is 1. The number of alkyl halides is 3. The van der Waals surface area contributed by atoms with Crippen molar-refractivity contribution in [3.05, 3.63) is 24.3 Å². The van der Waals surface area contributed by atoms with Gasteiger partial charge in [0, 0.05) is 20.6 Å². The van der Waals surface area contributed by atoms with E-state index in [1.165, 1.54) is 19.0 Å². The molecule has 6 nitrogen and oxygen atoms in total. The van der Waals surface area contributed by atoms with Gasteiger partial charge in [-0.05, 0) is 37.1 Å². The van der Waals surface area contributed by atoms with E-state index in [1.54, 1.807) is 0 Å². The second-order valence-corrected chi connectivity index (χ2v) is 7.42. The van der Waals surface area contributed by atoms with Crippen LogP contribution in [-0.4, -0.2) is 56.6 Å². The molecule has 0 bridgehead atoms. The van der Waals surface area contributed by atoms with Crippen molar-refractivity contribution in [2.45, 2.75) is 30.1 Å². The molecule has 1 amide bonds. The van der Waals surface area contributed by atoms with E-state index in [9.17, 15) is 26.4 Å². The van der Waals surface area contributed by atoms with Gasteiger partial charge in [0.15, 0.2) is 0 Å². The fraction of sp³-hybridized carbons (Fsp3) is 0.500. The van der Waals surface area contributed by atoms with Gasteiger partial charge in [-0.2, -0.15) is 4.31 Å². The maximum Gasteiger partial charge on any atom is 0.573 e. The first kappa shape index (κ1) is 18.5. The van der Waals surface area contributed by atoms with Gasteiger partial charge in [-0.25, -0.2) is 8.42 Å². The summed E-state index contributed by atoms with van der Waals surface area (Å²) in [7, 11) is -0.905. The molecule has 1 atom stereocenters. The lowest BCUT2D eigenvalue weighted by Crippen LogP contribution is -2.45. The Bertz CT molecular complexity index is 702. The minimum Gasteiger partial charge on any atom is -0.406 e. The molecule has 0 aliphatic carbocycles. The lowest BCUT2D eigenvalue weighted by molar-refractivity contribution is -0.274. The number of sulfonamides is 1. The number of nitrogens with zero attached hydrogens (tertiary/aromatic N) is 2. The topological polar surface area (TPSA) is 66.9 Å². The van der Waals surface area contributed by atoms with E-state index in [-0.39, 0.29) is 17.3 Å². The summed E-state index contributed by atoms with van der Waals surface area (Å²) >= 11 is 0. The van der Waals surface area contributed by atoms with Crippen molar-refractivity contribution in [3.8, 4) is 5.75 Å². The van der Waals surface area contributed by atoms with E-state index in [2.05, 4.69) is 4.74 Å². The molecular weight excluding hydrogens is 349 g/mol. The number of carbonyl (C=O) groups is 1. The smallest absolute Gasteiger partial charge is 0.406 e. The predicted octanol–water partition coefficient (Wildman–Crippen LogP) is 1.83. The van der Waals surface area contributed by atoms with Crippen LogP contribution in [0.15, 0.2) is 29.2 Å². The maximum absolute atomic E-state index is 12.7. The van der Waals surface area contributed by atoms with E-state index < -0.39 is 28.2 Å². The summed E-state index contributed by atoms with van der Waals surface area (Å²) in [4.78, 5) is 13.3. The highest BCUT2D eigenvalue weighted by Gasteiger charge is 2.40. The average Bonchev–Trinajstić information content (AvgIpc) is 2.95. The van der Waals surface area contributed by atoms with Crippen molar-refractivity contribution in [2.75, 3.05) is 20.6 Å². The molecule has 0 radical (unpaired) electrons. The fourth-order valence-corrected chi connectivity index (χ4v) is 4.17. The molecule has 24 heavy (non-hydrogen) atoms. The molecule has 1 aliphatic rings. The Morgan fingerprint density at radius 3 is 2.33 bits per heavy atom. The number of rotatable bonds is 4. The van der Waals surface area contributed by atoms with Gasteiger partial charge in [-0.3, -0.25) is 4.79 Å². The van der Waals surface area contributed by atoms with Crippen molar-refractivity contribution in [1.29, 1.82) is 0 Å². The van der Waals surface area contributed by atoms with Gasteiger partial charge < -0.3 is 9.64 Å². The second-order valence-electron chi connectivity index (χ2n) is 5.53. The average molecular weight is 366 g/mol. The van der Waals surface area contributed by atoms with Crippen molar-refractivity contribution in [2.24, 2.45) is 0 Å². The molecule has 10 heteroatoms. The molecule has 0 saturated carbocycles. The van der Waals surface area contributed by atoms with Crippen molar-refractivity contribution in [1.82, 2.24) is 9.21 Å². The summed E-state index contributed by atoms with van der Waals surface area (Å²) in [6.45, 7) is 0.188.